The van der Waals surface area contributed by atoms with Crippen LogP contribution in [0, 0.1) is 0 Å². The molecule has 0 aliphatic heterocycles. The van der Waals surface area contributed by atoms with E-state index < -0.39 is 48.1 Å². The van der Waals surface area contributed by atoms with Crippen LogP contribution in [0.3, 0.4) is 0 Å². The molecule has 0 bridgehead atoms. The van der Waals surface area contributed by atoms with Crippen molar-refractivity contribution in [2.75, 3.05) is 0 Å². The average molecular weight is 440 g/mol. The fraction of sp³-hybridized carbons (Fsp3) is 0. The molecule has 0 unspecified atom stereocenters. The molecule has 0 saturated heterocycles. The Kier molecular flexibility index (Phi) is 4.58. The van der Waals surface area contributed by atoms with E-state index in [0.717, 1.165) is 0 Å². The molecule has 32 heavy (non-hydrogen) atoms. The van der Waals surface area contributed by atoms with Crippen LogP contribution in [-0.2, 0) is 0 Å². The lowest BCUT2D eigenvalue weighted by Gasteiger charge is -2.17. The number of nitrogens with one attached hydrogen (secondary N) is 2. The Morgan fingerprint density at radius 3 is 1.38 bits per heavy atom. The van der Waals surface area contributed by atoms with Gasteiger partial charge >= 0.3 is 14.9 Å². The summed E-state index contributed by atoms with van der Waals surface area (Å²) in [7, 11) is -6.71. The molecular weight excluding hydrogens is 430 g/mol. The van der Waals surface area contributed by atoms with Gasteiger partial charge in [0, 0.05) is 21.8 Å². The van der Waals surface area contributed by atoms with E-state index in [9.17, 15) is 26.9 Å². The standard InChI is InChI=1S/C20H10B2F4N2O4/c23-21(24)31-19-13-15(27-11-7-3-1-5-9(11)17(13)29)20(32-22(25)26)14-16(19)28-12-8-4-2-6-10(12)18(14)30/h1-8H,(H,27,29)(H,28,30). The van der Waals surface area contributed by atoms with Gasteiger partial charge in [0.1, 0.15) is 11.5 Å². The summed E-state index contributed by atoms with van der Waals surface area (Å²) in [6.45, 7) is 0. The van der Waals surface area contributed by atoms with E-state index in [2.05, 4.69) is 19.3 Å². The molecule has 158 valence electrons. The highest BCUT2D eigenvalue weighted by atomic mass is 19.2. The molecule has 0 radical (unpaired) electrons. The van der Waals surface area contributed by atoms with Gasteiger partial charge in [0.25, 0.3) is 0 Å². The number of fused-ring (bicyclic) bond motifs is 4. The van der Waals surface area contributed by atoms with Crippen LogP contribution in [-0.4, -0.2) is 24.9 Å². The zero-order valence-electron chi connectivity index (χ0n) is 15.9. The molecule has 12 heteroatoms. The Labute approximate surface area is 176 Å². The molecule has 0 spiro atoms. The van der Waals surface area contributed by atoms with E-state index in [1.807, 2.05) is 0 Å². The fourth-order valence-corrected chi connectivity index (χ4v) is 3.91. The highest BCUT2D eigenvalue weighted by molar-refractivity contribution is 6.37. The summed E-state index contributed by atoms with van der Waals surface area (Å²) >= 11 is 0. The molecule has 3 aromatic carbocycles. The van der Waals surface area contributed by atoms with Crippen LogP contribution in [0.4, 0.5) is 17.3 Å². The largest absolute Gasteiger partial charge is 0.796 e. The monoisotopic (exact) mass is 440 g/mol. The molecule has 5 rings (SSSR count). The van der Waals surface area contributed by atoms with Gasteiger partial charge in [-0.25, -0.2) is 17.3 Å². The Morgan fingerprint density at radius 1 is 0.625 bits per heavy atom. The minimum atomic E-state index is -3.36. The summed E-state index contributed by atoms with van der Waals surface area (Å²) in [5.41, 5.74) is -1.72. The molecule has 5 aromatic rings. The number of hydrogen-bond acceptors (Lipinski definition) is 4. The van der Waals surface area contributed by atoms with Crippen LogP contribution in [0.1, 0.15) is 0 Å². The maximum absolute atomic E-state index is 13.4. The van der Waals surface area contributed by atoms with E-state index in [1.165, 1.54) is 24.3 Å². The van der Waals surface area contributed by atoms with Gasteiger partial charge in [-0.1, -0.05) is 24.3 Å². The second-order valence-corrected chi connectivity index (χ2v) is 6.91. The number of H-pyrrole nitrogens is 2. The predicted molar refractivity (Wildman–Crippen MR) is 115 cm³/mol. The summed E-state index contributed by atoms with van der Waals surface area (Å²) in [6, 6.07) is 12.2. The van der Waals surface area contributed by atoms with Gasteiger partial charge in [0.2, 0.25) is 10.9 Å². The third kappa shape index (κ3) is 2.98. The van der Waals surface area contributed by atoms with E-state index in [0.29, 0.717) is 0 Å². The van der Waals surface area contributed by atoms with E-state index >= 15 is 0 Å². The summed E-state index contributed by atoms with van der Waals surface area (Å²) in [6.07, 6.45) is 0. The molecule has 0 aliphatic rings. The van der Waals surface area contributed by atoms with Crippen molar-refractivity contribution in [2.24, 2.45) is 0 Å². The highest BCUT2D eigenvalue weighted by Crippen LogP contribution is 2.40. The SMILES string of the molecule is O=c1c2ccccc2[nH]c2c(OB(F)F)c3c(=O)c4ccccc4[nH]c3c(OB(F)F)c12. The lowest BCUT2D eigenvalue weighted by molar-refractivity contribution is 0.426. The molecule has 0 aliphatic carbocycles. The zero-order valence-corrected chi connectivity index (χ0v) is 15.9. The van der Waals surface area contributed by atoms with Crippen molar-refractivity contribution < 1.29 is 26.6 Å². The molecule has 2 heterocycles. The third-order valence-electron chi connectivity index (χ3n) is 5.14. The van der Waals surface area contributed by atoms with Gasteiger partial charge in [-0.05, 0) is 24.3 Å². The van der Waals surface area contributed by atoms with E-state index in [1.54, 1.807) is 24.3 Å². The predicted octanol–water partition coefficient (Wildman–Crippen LogP) is 4.28. The highest BCUT2D eigenvalue weighted by Gasteiger charge is 2.30. The third-order valence-corrected chi connectivity index (χ3v) is 5.14. The summed E-state index contributed by atoms with van der Waals surface area (Å²) in [5, 5.41) is -0.662. The Bertz CT molecular complexity index is 1530. The van der Waals surface area contributed by atoms with Gasteiger partial charge in [0.15, 0.2) is 0 Å². The second kappa shape index (κ2) is 7.33. The first kappa shape index (κ1) is 20.0. The van der Waals surface area contributed by atoms with Gasteiger partial charge in [-0.15, -0.1) is 0 Å². The van der Waals surface area contributed by atoms with E-state index in [4.69, 9.17) is 0 Å². The van der Waals surface area contributed by atoms with Crippen molar-refractivity contribution in [3.63, 3.8) is 0 Å². The van der Waals surface area contributed by atoms with Crippen LogP contribution in [0.2, 0.25) is 0 Å². The molecule has 2 N–H and O–H groups in total. The van der Waals surface area contributed by atoms with Gasteiger partial charge in [-0.3, -0.25) is 9.59 Å². The number of hydrogen-bond donors (Lipinski definition) is 2. The lowest BCUT2D eigenvalue weighted by Crippen LogP contribution is -2.18. The minimum absolute atomic E-state index is 0.115. The summed E-state index contributed by atoms with van der Waals surface area (Å²) in [5.74, 6) is -1.28. The Balaban J connectivity index is 2.13. The lowest BCUT2D eigenvalue weighted by atomic mass is 10.0. The minimum Gasteiger partial charge on any atom is -0.503 e. The van der Waals surface area contributed by atoms with Crippen LogP contribution >= 0.6 is 0 Å². The summed E-state index contributed by atoms with van der Waals surface area (Å²) < 4.78 is 62.8. The summed E-state index contributed by atoms with van der Waals surface area (Å²) in [4.78, 5) is 32.0. The number of para-hydroxylation sites is 2. The molecule has 0 saturated carbocycles. The second-order valence-electron chi connectivity index (χ2n) is 6.91. The van der Waals surface area contributed by atoms with Gasteiger partial charge in [-0.2, -0.15) is 0 Å². The molecular formula is C20H10B2F4N2O4. The van der Waals surface area contributed by atoms with Crippen LogP contribution < -0.4 is 20.2 Å². The molecule has 0 amide bonds. The van der Waals surface area contributed by atoms with Crippen molar-refractivity contribution in [2.45, 2.75) is 0 Å². The van der Waals surface area contributed by atoms with Gasteiger partial charge < -0.3 is 19.3 Å². The first-order valence-corrected chi connectivity index (χ1v) is 9.32. The number of aromatic nitrogens is 2. The number of halogens is 4. The normalized spacial score (nSPS) is 11.4. The van der Waals surface area contributed by atoms with E-state index in [-0.39, 0.29) is 32.8 Å². The fourth-order valence-electron chi connectivity index (χ4n) is 3.91. The molecule has 0 atom stereocenters. The van der Waals surface area contributed by atoms with Crippen LogP contribution in [0.25, 0.3) is 43.6 Å². The number of aromatic amines is 2. The quantitative estimate of drug-likeness (QED) is 0.248. The smallest absolute Gasteiger partial charge is 0.503 e. The maximum atomic E-state index is 13.4. The van der Waals surface area contributed by atoms with Crippen molar-refractivity contribution in [3.05, 3.63) is 69.0 Å². The Hall–Kier alpha value is -3.95. The van der Waals surface area contributed by atoms with Crippen LogP contribution in [0.15, 0.2) is 58.1 Å². The number of rotatable bonds is 4. The van der Waals surface area contributed by atoms with Crippen LogP contribution in [0.5, 0.6) is 11.5 Å². The van der Waals surface area contributed by atoms with Crippen molar-refractivity contribution in [1.29, 1.82) is 0 Å². The van der Waals surface area contributed by atoms with Crippen molar-refractivity contribution in [3.8, 4) is 11.5 Å². The molecule has 2 aromatic heterocycles. The molecule has 6 nitrogen and oxygen atoms in total. The number of benzene rings is 3. The number of pyridine rings is 2. The van der Waals surface area contributed by atoms with Gasteiger partial charge in [0.05, 0.1) is 21.8 Å². The Morgan fingerprint density at radius 2 is 1.00 bits per heavy atom. The zero-order chi connectivity index (χ0) is 22.6. The van der Waals surface area contributed by atoms with Crippen molar-refractivity contribution in [1.82, 2.24) is 9.97 Å². The molecule has 0 fully saturated rings. The first-order valence-electron chi connectivity index (χ1n) is 9.32. The first-order chi connectivity index (χ1) is 15.4. The van der Waals surface area contributed by atoms with Crippen molar-refractivity contribution >= 4 is 58.6 Å². The average Bonchev–Trinajstić information content (AvgIpc) is 2.76. The topological polar surface area (TPSA) is 84.2 Å². The maximum Gasteiger partial charge on any atom is 0.796 e.